The van der Waals surface area contributed by atoms with Gasteiger partial charge in [0.1, 0.15) is 0 Å². The van der Waals surface area contributed by atoms with Crippen molar-refractivity contribution >= 4 is 34.6 Å². The third-order valence-electron chi connectivity index (χ3n) is 7.79. The number of benzene rings is 2. The minimum Gasteiger partial charge on any atom is -0.318 e. The summed E-state index contributed by atoms with van der Waals surface area (Å²) in [5, 5.41) is 0.805. The highest BCUT2D eigenvalue weighted by atomic mass is 32.2. The molecular formula is C31H35N3OS. The standard InChI is InChI=1S/C31H35N3OS/c1-20-13-11-17-28(23(20)4)33-22(3)18-25(24(33)5)19-29-30(35)34(27-16-10-9-12-21(27)2)31(36-29)32-26-14-7-6-8-15-26/h6-8,11,13-15,17-19,21,27H,9-10,12,16H2,1-5H3/b29-19-,32-31?/t21-,27-/m1/s1. The Labute approximate surface area is 219 Å². The second-order valence-electron chi connectivity index (χ2n) is 10.2. The number of nitrogens with zero attached hydrogens (tertiary/aromatic N) is 3. The molecule has 2 fully saturated rings. The summed E-state index contributed by atoms with van der Waals surface area (Å²) >= 11 is 1.52. The largest absolute Gasteiger partial charge is 0.318 e. The molecule has 4 nitrogen and oxygen atoms in total. The molecule has 1 saturated carbocycles. The molecule has 2 atom stereocenters. The quantitative estimate of drug-likeness (QED) is 0.344. The number of thioether (sulfide) groups is 1. The Morgan fingerprint density at radius 1 is 0.972 bits per heavy atom. The van der Waals surface area contributed by atoms with Crippen LogP contribution in [0, 0.1) is 33.6 Å². The van der Waals surface area contributed by atoms with Crippen molar-refractivity contribution in [2.24, 2.45) is 10.9 Å². The summed E-state index contributed by atoms with van der Waals surface area (Å²) in [5.74, 6) is 0.558. The zero-order chi connectivity index (χ0) is 25.4. The van der Waals surface area contributed by atoms with E-state index in [-0.39, 0.29) is 11.9 Å². The SMILES string of the molecule is Cc1cccc(-n2c(C)cc(/C=C3\SC(=Nc4ccccc4)N([C@@H]4CCCC[C@H]4C)C3=O)c2C)c1C. The number of carbonyl (C=O) groups is 1. The first-order chi connectivity index (χ1) is 17.3. The topological polar surface area (TPSA) is 37.6 Å². The lowest BCUT2D eigenvalue weighted by molar-refractivity contribution is -0.124. The number of hydrogen-bond acceptors (Lipinski definition) is 3. The normalized spacial score (nSPS) is 22.7. The van der Waals surface area contributed by atoms with Crippen LogP contribution in [0.15, 0.2) is 64.5 Å². The number of amidine groups is 1. The Morgan fingerprint density at radius 2 is 1.72 bits per heavy atom. The number of carbonyl (C=O) groups excluding carboxylic acids is 1. The number of aryl methyl sites for hydroxylation is 2. The van der Waals surface area contributed by atoms with Gasteiger partial charge in [-0.3, -0.25) is 9.69 Å². The van der Waals surface area contributed by atoms with Gasteiger partial charge in [-0.15, -0.1) is 0 Å². The summed E-state index contributed by atoms with van der Waals surface area (Å²) < 4.78 is 2.30. The smallest absolute Gasteiger partial charge is 0.267 e. The first kappa shape index (κ1) is 24.6. The van der Waals surface area contributed by atoms with E-state index in [0.29, 0.717) is 5.92 Å². The van der Waals surface area contributed by atoms with Gasteiger partial charge in [-0.1, -0.05) is 50.1 Å². The first-order valence-corrected chi connectivity index (χ1v) is 13.8. The van der Waals surface area contributed by atoms with E-state index in [1.807, 2.05) is 35.2 Å². The third-order valence-corrected chi connectivity index (χ3v) is 8.77. The highest BCUT2D eigenvalue weighted by molar-refractivity contribution is 8.18. The lowest BCUT2D eigenvalue weighted by Gasteiger charge is -2.35. The van der Waals surface area contributed by atoms with E-state index in [4.69, 9.17) is 4.99 Å². The van der Waals surface area contributed by atoms with Crippen LogP contribution in [0.3, 0.4) is 0 Å². The fraction of sp³-hybridized carbons (Fsp3) is 0.355. The number of aliphatic imine (C=N–C) groups is 1. The first-order valence-electron chi connectivity index (χ1n) is 13.0. The van der Waals surface area contributed by atoms with Gasteiger partial charge < -0.3 is 4.57 Å². The molecule has 5 rings (SSSR count). The predicted molar refractivity (Wildman–Crippen MR) is 152 cm³/mol. The Hall–Kier alpha value is -3.05. The maximum atomic E-state index is 13.9. The molecule has 2 aliphatic rings. The van der Waals surface area contributed by atoms with Crippen LogP contribution in [-0.4, -0.2) is 26.6 Å². The van der Waals surface area contributed by atoms with Crippen molar-refractivity contribution in [3.05, 3.63) is 87.6 Å². The van der Waals surface area contributed by atoms with Gasteiger partial charge in [0.15, 0.2) is 5.17 Å². The number of para-hydroxylation sites is 1. The van der Waals surface area contributed by atoms with Crippen LogP contribution >= 0.6 is 11.8 Å². The van der Waals surface area contributed by atoms with Gasteiger partial charge in [-0.2, -0.15) is 0 Å². The average molecular weight is 498 g/mol. The van der Waals surface area contributed by atoms with Crippen molar-refractivity contribution in [2.45, 2.75) is 66.3 Å². The summed E-state index contributed by atoms with van der Waals surface area (Å²) in [5.41, 5.74) is 8.04. The molecule has 0 spiro atoms. The monoisotopic (exact) mass is 497 g/mol. The van der Waals surface area contributed by atoms with Crippen LogP contribution in [0.25, 0.3) is 11.8 Å². The number of hydrogen-bond donors (Lipinski definition) is 0. The zero-order valence-electron chi connectivity index (χ0n) is 21.9. The van der Waals surface area contributed by atoms with Crippen LogP contribution in [0.1, 0.15) is 60.7 Å². The van der Waals surface area contributed by atoms with E-state index in [9.17, 15) is 4.79 Å². The van der Waals surface area contributed by atoms with Gasteiger partial charge >= 0.3 is 0 Å². The summed E-state index contributed by atoms with van der Waals surface area (Å²) in [4.78, 5) is 21.6. The molecule has 1 aliphatic heterocycles. The van der Waals surface area contributed by atoms with Gasteiger partial charge in [0.25, 0.3) is 5.91 Å². The van der Waals surface area contributed by atoms with Crippen LogP contribution in [0.4, 0.5) is 5.69 Å². The molecule has 1 aliphatic carbocycles. The molecule has 2 aromatic carbocycles. The Bertz CT molecular complexity index is 1350. The maximum absolute atomic E-state index is 13.9. The van der Waals surface area contributed by atoms with E-state index in [1.54, 1.807) is 0 Å². The molecule has 1 amide bonds. The molecule has 2 heterocycles. The van der Waals surface area contributed by atoms with E-state index >= 15 is 0 Å². The summed E-state index contributed by atoms with van der Waals surface area (Å²) in [7, 11) is 0. The van der Waals surface area contributed by atoms with Crippen LogP contribution in [0.5, 0.6) is 0 Å². The number of rotatable bonds is 4. The fourth-order valence-corrected chi connectivity index (χ4v) is 6.61. The van der Waals surface area contributed by atoms with Crippen molar-refractivity contribution in [1.29, 1.82) is 0 Å². The molecular weight excluding hydrogens is 462 g/mol. The molecule has 1 aromatic heterocycles. The van der Waals surface area contributed by atoms with Crippen molar-refractivity contribution in [1.82, 2.24) is 9.47 Å². The lowest BCUT2D eigenvalue weighted by atomic mass is 9.85. The van der Waals surface area contributed by atoms with Gasteiger partial charge in [0.2, 0.25) is 0 Å². The van der Waals surface area contributed by atoms with Gasteiger partial charge in [0.05, 0.1) is 10.6 Å². The van der Waals surface area contributed by atoms with E-state index in [2.05, 4.69) is 69.5 Å². The Morgan fingerprint density at radius 3 is 2.47 bits per heavy atom. The molecule has 5 heteroatoms. The fourth-order valence-electron chi connectivity index (χ4n) is 5.57. The van der Waals surface area contributed by atoms with Crippen LogP contribution in [0.2, 0.25) is 0 Å². The van der Waals surface area contributed by atoms with Gasteiger partial charge in [-0.05, 0) is 105 Å². The molecule has 0 N–H and O–H groups in total. The Kier molecular flexibility index (Phi) is 6.94. The van der Waals surface area contributed by atoms with Crippen molar-refractivity contribution in [3.8, 4) is 5.69 Å². The van der Waals surface area contributed by atoms with Crippen LogP contribution < -0.4 is 0 Å². The minimum absolute atomic E-state index is 0.0879. The summed E-state index contributed by atoms with van der Waals surface area (Å²) in [6.45, 7) is 10.9. The maximum Gasteiger partial charge on any atom is 0.267 e. The van der Waals surface area contributed by atoms with Crippen molar-refractivity contribution in [3.63, 3.8) is 0 Å². The molecule has 36 heavy (non-hydrogen) atoms. The predicted octanol–water partition coefficient (Wildman–Crippen LogP) is 7.89. The zero-order valence-corrected chi connectivity index (χ0v) is 22.7. The van der Waals surface area contributed by atoms with E-state index < -0.39 is 0 Å². The highest BCUT2D eigenvalue weighted by Crippen LogP contribution is 2.40. The average Bonchev–Trinajstić information content (AvgIpc) is 3.31. The second-order valence-corrected chi connectivity index (χ2v) is 11.2. The third kappa shape index (κ3) is 4.57. The van der Waals surface area contributed by atoms with Crippen LogP contribution in [-0.2, 0) is 4.79 Å². The number of amides is 1. The van der Waals surface area contributed by atoms with Gasteiger partial charge in [0, 0.05) is 23.1 Å². The van der Waals surface area contributed by atoms with Gasteiger partial charge in [-0.25, -0.2) is 4.99 Å². The summed E-state index contributed by atoms with van der Waals surface area (Å²) in [6, 6.07) is 18.8. The second kappa shape index (κ2) is 10.1. The van der Waals surface area contributed by atoms with E-state index in [1.165, 1.54) is 40.7 Å². The van der Waals surface area contributed by atoms with Crippen molar-refractivity contribution < 1.29 is 4.79 Å². The molecule has 0 radical (unpaired) electrons. The summed E-state index contributed by atoms with van der Waals surface area (Å²) in [6.07, 6.45) is 6.68. The molecule has 186 valence electrons. The van der Waals surface area contributed by atoms with Crippen molar-refractivity contribution in [2.75, 3.05) is 0 Å². The van der Waals surface area contributed by atoms with E-state index in [0.717, 1.165) is 46.3 Å². The number of aromatic nitrogens is 1. The highest BCUT2D eigenvalue weighted by Gasteiger charge is 2.41. The lowest BCUT2D eigenvalue weighted by Crippen LogP contribution is -2.44. The molecule has 0 unspecified atom stereocenters. The molecule has 0 bridgehead atoms. The Balaban J connectivity index is 1.55. The molecule has 3 aromatic rings. The molecule has 1 saturated heterocycles. The minimum atomic E-state index is 0.0879.